The number of nitrogens with one attached hydrogen (secondary N) is 1. The maximum absolute atomic E-state index is 12.1. The van der Waals surface area contributed by atoms with Gasteiger partial charge in [-0.3, -0.25) is 9.59 Å². The molecule has 1 N–H and O–H groups in total. The smallest absolute Gasteiger partial charge is 0.338 e. The van der Waals surface area contributed by atoms with Crippen LogP contribution in [0.25, 0.3) is 11.4 Å². The van der Waals surface area contributed by atoms with E-state index < -0.39 is 5.97 Å². The number of hydrogen-bond acceptors (Lipinski definition) is 7. The highest BCUT2D eigenvalue weighted by atomic mass is 16.5. The van der Waals surface area contributed by atoms with Crippen LogP contribution in [0.3, 0.4) is 0 Å². The lowest BCUT2D eigenvalue weighted by molar-refractivity contribution is -0.132. The van der Waals surface area contributed by atoms with Gasteiger partial charge in [-0.25, -0.2) is 4.79 Å². The Morgan fingerprint density at radius 3 is 2.69 bits per heavy atom. The largest absolute Gasteiger partial charge is 0.459 e. The van der Waals surface area contributed by atoms with Gasteiger partial charge < -0.3 is 15.0 Å². The number of tetrazole rings is 1. The molecular weight excluding hydrogens is 376 g/mol. The number of rotatable bonds is 7. The standard InChI is InChI=1S/C19H24N6O4/c1-13(2)29-19(28)15-7-5-6-14(10-15)18-21-23-25(22-18)12-16(26)20-11-17(27)24-8-3-4-9-24/h5-7,10,13H,3-4,8-9,11-12H2,1-2H3,(H,20,26). The van der Waals surface area contributed by atoms with E-state index in [1.807, 2.05) is 0 Å². The molecular formula is C19H24N6O4. The third-order valence-corrected chi connectivity index (χ3v) is 4.33. The third-order valence-electron chi connectivity index (χ3n) is 4.33. The van der Waals surface area contributed by atoms with Gasteiger partial charge in [0, 0.05) is 18.7 Å². The number of carbonyl (C=O) groups is 3. The first-order valence-electron chi connectivity index (χ1n) is 9.56. The molecule has 3 rings (SSSR count). The van der Waals surface area contributed by atoms with Crippen molar-refractivity contribution >= 4 is 17.8 Å². The fraction of sp³-hybridized carbons (Fsp3) is 0.474. The Hall–Kier alpha value is -3.30. The second-order valence-corrected chi connectivity index (χ2v) is 7.04. The first-order chi connectivity index (χ1) is 13.9. The molecule has 1 saturated heterocycles. The summed E-state index contributed by atoms with van der Waals surface area (Å²) in [6, 6.07) is 6.69. The van der Waals surface area contributed by atoms with Gasteiger partial charge in [0.15, 0.2) is 0 Å². The van der Waals surface area contributed by atoms with Gasteiger partial charge in [0.1, 0.15) is 6.54 Å². The number of amides is 2. The molecule has 29 heavy (non-hydrogen) atoms. The lowest BCUT2D eigenvalue weighted by atomic mass is 10.1. The molecule has 154 valence electrons. The van der Waals surface area contributed by atoms with Crippen molar-refractivity contribution in [2.24, 2.45) is 0 Å². The van der Waals surface area contributed by atoms with E-state index in [1.54, 1.807) is 43.0 Å². The molecule has 0 unspecified atom stereocenters. The van der Waals surface area contributed by atoms with E-state index in [2.05, 4.69) is 20.7 Å². The lowest BCUT2D eigenvalue weighted by Gasteiger charge is -2.15. The predicted octanol–water partition coefficient (Wildman–Crippen LogP) is 0.644. The lowest BCUT2D eigenvalue weighted by Crippen LogP contribution is -2.40. The molecule has 1 fully saturated rings. The van der Waals surface area contributed by atoms with Crippen LogP contribution in [0.2, 0.25) is 0 Å². The van der Waals surface area contributed by atoms with Crippen LogP contribution in [-0.2, 0) is 20.9 Å². The van der Waals surface area contributed by atoms with Crippen LogP contribution in [0.1, 0.15) is 37.0 Å². The maximum Gasteiger partial charge on any atom is 0.338 e. The van der Waals surface area contributed by atoms with Gasteiger partial charge in [-0.15, -0.1) is 10.2 Å². The molecule has 0 radical (unpaired) electrons. The Balaban J connectivity index is 1.57. The Kier molecular flexibility index (Phi) is 6.53. The van der Waals surface area contributed by atoms with Gasteiger partial charge in [0.05, 0.1) is 18.2 Å². The quantitative estimate of drug-likeness (QED) is 0.678. The number of hydrogen-bond donors (Lipinski definition) is 1. The molecule has 1 aliphatic heterocycles. The first kappa shape index (κ1) is 20.4. The van der Waals surface area contributed by atoms with Crippen LogP contribution in [0, 0.1) is 0 Å². The molecule has 0 atom stereocenters. The van der Waals surface area contributed by atoms with Crippen molar-refractivity contribution in [2.45, 2.75) is 39.3 Å². The molecule has 10 heteroatoms. The molecule has 0 saturated carbocycles. The van der Waals surface area contributed by atoms with Crippen molar-refractivity contribution in [1.29, 1.82) is 0 Å². The summed E-state index contributed by atoms with van der Waals surface area (Å²) in [5.41, 5.74) is 0.963. The molecule has 0 spiro atoms. The number of likely N-dealkylation sites (tertiary alicyclic amines) is 1. The van der Waals surface area contributed by atoms with Crippen LogP contribution in [-0.4, -0.2) is 68.6 Å². The van der Waals surface area contributed by atoms with Crippen molar-refractivity contribution in [3.63, 3.8) is 0 Å². The second kappa shape index (κ2) is 9.26. The molecule has 2 heterocycles. The number of aromatic nitrogens is 4. The van der Waals surface area contributed by atoms with Gasteiger partial charge in [-0.1, -0.05) is 12.1 Å². The van der Waals surface area contributed by atoms with Gasteiger partial charge in [-0.05, 0) is 44.0 Å². The van der Waals surface area contributed by atoms with Crippen molar-refractivity contribution in [1.82, 2.24) is 30.4 Å². The normalized spacial score (nSPS) is 13.6. The van der Waals surface area contributed by atoms with Gasteiger partial charge in [0.25, 0.3) is 0 Å². The maximum atomic E-state index is 12.1. The monoisotopic (exact) mass is 400 g/mol. The van der Waals surface area contributed by atoms with E-state index in [4.69, 9.17) is 4.74 Å². The highest BCUT2D eigenvalue weighted by molar-refractivity contribution is 5.90. The van der Waals surface area contributed by atoms with Crippen LogP contribution in [0.15, 0.2) is 24.3 Å². The molecule has 0 bridgehead atoms. The predicted molar refractivity (Wildman–Crippen MR) is 103 cm³/mol. The van der Waals surface area contributed by atoms with Crippen LogP contribution >= 0.6 is 0 Å². The van der Waals surface area contributed by atoms with Crippen molar-refractivity contribution in [3.05, 3.63) is 29.8 Å². The topological polar surface area (TPSA) is 119 Å². The molecule has 1 aromatic carbocycles. The minimum atomic E-state index is -0.434. The number of carbonyl (C=O) groups excluding carboxylic acids is 3. The Morgan fingerprint density at radius 2 is 1.97 bits per heavy atom. The van der Waals surface area contributed by atoms with Gasteiger partial charge in [-0.2, -0.15) is 4.80 Å². The SMILES string of the molecule is CC(C)OC(=O)c1cccc(-c2nnn(CC(=O)NCC(=O)N3CCCC3)n2)c1. The number of benzene rings is 1. The van der Waals surface area contributed by atoms with Crippen LogP contribution in [0.5, 0.6) is 0 Å². The summed E-state index contributed by atoms with van der Waals surface area (Å²) in [6.45, 7) is 4.84. The van der Waals surface area contributed by atoms with E-state index in [1.165, 1.54) is 0 Å². The van der Waals surface area contributed by atoms with E-state index >= 15 is 0 Å². The minimum absolute atomic E-state index is 0.0413. The average molecular weight is 400 g/mol. The molecule has 2 amide bonds. The summed E-state index contributed by atoms with van der Waals surface area (Å²) in [6.07, 6.45) is 1.78. The first-order valence-corrected chi connectivity index (χ1v) is 9.56. The Labute approximate surface area is 168 Å². The van der Waals surface area contributed by atoms with E-state index in [0.717, 1.165) is 30.7 Å². The summed E-state index contributed by atoms with van der Waals surface area (Å²) in [4.78, 5) is 38.9. The molecule has 2 aromatic rings. The zero-order valence-electron chi connectivity index (χ0n) is 16.5. The van der Waals surface area contributed by atoms with Gasteiger partial charge in [0.2, 0.25) is 17.6 Å². The van der Waals surface area contributed by atoms with Crippen molar-refractivity contribution in [2.75, 3.05) is 19.6 Å². The number of esters is 1. The molecule has 0 aliphatic carbocycles. The van der Waals surface area contributed by atoms with E-state index in [0.29, 0.717) is 11.1 Å². The van der Waals surface area contributed by atoms with E-state index in [-0.39, 0.29) is 36.8 Å². The molecule has 10 nitrogen and oxygen atoms in total. The van der Waals surface area contributed by atoms with Gasteiger partial charge >= 0.3 is 5.97 Å². The van der Waals surface area contributed by atoms with Crippen molar-refractivity contribution < 1.29 is 19.1 Å². The Bertz CT molecular complexity index is 888. The van der Waals surface area contributed by atoms with Crippen LogP contribution in [0.4, 0.5) is 0 Å². The molecule has 1 aromatic heterocycles. The summed E-state index contributed by atoms with van der Waals surface area (Å²) in [5.74, 6) is -0.620. The van der Waals surface area contributed by atoms with Crippen LogP contribution < -0.4 is 5.32 Å². The zero-order valence-corrected chi connectivity index (χ0v) is 16.5. The minimum Gasteiger partial charge on any atom is -0.459 e. The number of ether oxygens (including phenoxy) is 1. The second-order valence-electron chi connectivity index (χ2n) is 7.04. The number of nitrogens with zero attached hydrogens (tertiary/aromatic N) is 5. The average Bonchev–Trinajstić information content (AvgIpc) is 3.38. The van der Waals surface area contributed by atoms with E-state index in [9.17, 15) is 14.4 Å². The zero-order chi connectivity index (χ0) is 20.8. The Morgan fingerprint density at radius 1 is 1.21 bits per heavy atom. The highest BCUT2D eigenvalue weighted by Gasteiger charge is 2.18. The summed E-state index contributed by atoms with van der Waals surface area (Å²) in [7, 11) is 0. The summed E-state index contributed by atoms with van der Waals surface area (Å²) < 4.78 is 5.18. The van der Waals surface area contributed by atoms with Crippen molar-refractivity contribution in [3.8, 4) is 11.4 Å². The fourth-order valence-corrected chi connectivity index (χ4v) is 2.93. The fourth-order valence-electron chi connectivity index (χ4n) is 2.93. The molecule has 1 aliphatic rings. The third kappa shape index (κ3) is 5.59. The summed E-state index contributed by atoms with van der Waals surface area (Å²) in [5, 5.41) is 14.5. The highest BCUT2D eigenvalue weighted by Crippen LogP contribution is 2.16. The summed E-state index contributed by atoms with van der Waals surface area (Å²) >= 11 is 0.